The largest absolute Gasteiger partial charge is 0.458 e. The first-order valence-corrected chi connectivity index (χ1v) is 11.4. The lowest BCUT2D eigenvalue weighted by atomic mass is 9.72. The van der Waals surface area contributed by atoms with Crippen molar-refractivity contribution in [3.05, 3.63) is 95.3 Å². The van der Waals surface area contributed by atoms with Crippen LogP contribution in [0.15, 0.2) is 78.4 Å². The minimum absolute atomic E-state index is 0.0531. The number of carbonyl (C=O) groups is 1. The van der Waals surface area contributed by atoms with E-state index < -0.39 is 12.2 Å². The summed E-state index contributed by atoms with van der Waals surface area (Å²) in [5.74, 6) is -0.619. The molecule has 1 saturated carbocycles. The molecule has 0 amide bonds. The maximum atomic E-state index is 13.7. The predicted octanol–water partition coefficient (Wildman–Crippen LogP) is 5.86. The second kappa shape index (κ2) is 8.51. The molecule has 1 N–H and O–H groups in total. The number of cyclic esters (lactones) is 1. The van der Waals surface area contributed by atoms with Crippen molar-refractivity contribution in [1.29, 1.82) is 0 Å². The molecule has 1 aliphatic heterocycles. The summed E-state index contributed by atoms with van der Waals surface area (Å²) in [7, 11) is 0. The van der Waals surface area contributed by atoms with E-state index in [0.717, 1.165) is 36.8 Å². The van der Waals surface area contributed by atoms with Crippen molar-refractivity contribution in [3.8, 4) is 0 Å². The number of rotatable bonds is 4. The molecule has 32 heavy (non-hydrogen) atoms. The van der Waals surface area contributed by atoms with Gasteiger partial charge in [-0.05, 0) is 65.0 Å². The molecule has 164 valence electrons. The molecule has 3 aliphatic rings. The van der Waals surface area contributed by atoms with Crippen LogP contribution in [-0.4, -0.2) is 23.3 Å². The molecule has 2 aromatic rings. The number of aliphatic hydroxyl groups excluding tert-OH is 1. The second-order valence-corrected chi connectivity index (χ2v) is 9.03. The maximum absolute atomic E-state index is 13.7. The third kappa shape index (κ3) is 3.84. The van der Waals surface area contributed by atoms with E-state index in [0.29, 0.717) is 6.42 Å². The maximum Gasteiger partial charge on any atom is 0.309 e. The standard InChI is InChI=1S/C28H27FO3/c29-21-10-8-19(9-11-21)24-18-26(20-6-2-1-3-7-20)28(14-4-5-15-28)25(24)13-12-23-16-22(30)17-27(31)32-23/h1-3,6-13,18,22-23,30H,4-5,14-17H2/t22-,23-/m1/s1. The van der Waals surface area contributed by atoms with Crippen molar-refractivity contribution in [3.63, 3.8) is 0 Å². The minimum atomic E-state index is -0.668. The number of benzene rings is 2. The quantitative estimate of drug-likeness (QED) is 0.618. The van der Waals surface area contributed by atoms with Crippen LogP contribution in [0.4, 0.5) is 4.39 Å². The summed E-state index contributed by atoms with van der Waals surface area (Å²) in [6.07, 6.45) is 10.0. The Hall–Kier alpha value is -2.98. The van der Waals surface area contributed by atoms with Gasteiger partial charge in [0.2, 0.25) is 0 Å². The van der Waals surface area contributed by atoms with Crippen molar-refractivity contribution in [2.75, 3.05) is 0 Å². The summed E-state index contributed by atoms with van der Waals surface area (Å²) in [4.78, 5) is 11.8. The second-order valence-electron chi connectivity index (χ2n) is 9.03. The Labute approximate surface area is 187 Å². The van der Waals surface area contributed by atoms with Crippen LogP contribution in [-0.2, 0) is 9.53 Å². The van der Waals surface area contributed by atoms with Crippen LogP contribution in [0.3, 0.4) is 0 Å². The van der Waals surface area contributed by atoms with Gasteiger partial charge in [-0.1, -0.05) is 61.4 Å². The zero-order valence-corrected chi connectivity index (χ0v) is 18.0. The van der Waals surface area contributed by atoms with Crippen molar-refractivity contribution < 1.29 is 19.0 Å². The fourth-order valence-electron chi connectivity index (χ4n) is 5.51. The van der Waals surface area contributed by atoms with Crippen LogP contribution in [0.2, 0.25) is 0 Å². The molecule has 0 bridgehead atoms. The van der Waals surface area contributed by atoms with Gasteiger partial charge >= 0.3 is 5.97 Å². The zero-order chi connectivity index (χ0) is 22.1. The number of aliphatic hydroxyl groups is 1. The van der Waals surface area contributed by atoms with Crippen LogP contribution in [0.1, 0.15) is 49.7 Å². The average molecular weight is 431 g/mol. The number of hydrogen-bond donors (Lipinski definition) is 1. The molecule has 2 aliphatic carbocycles. The average Bonchev–Trinajstić information content (AvgIpc) is 3.39. The van der Waals surface area contributed by atoms with Crippen LogP contribution >= 0.6 is 0 Å². The summed E-state index contributed by atoms with van der Waals surface area (Å²) in [6.45, 7) is 0. The van der Waals surface area contributed by atoms with E-state index in [4.69, 9.17) is 4.74 Å². The lowest BCUT2D eigenvalue weighted by molar-refractivity contribution is -0.156. The van der Waals surface area contributed by atoms with Crippen molar-refractivity contribution in [2.45, 2.75) is 50.7 Å². The predicted molar refractivity (Wildman–Crippen MR) is 123 cm³/mol. The monoisotopic (exact) mass is 430 g/mol. The SMILES string of the molecule is O=C1C[C@H](O)C[C@@H](C=CC2=C(c3ccc(F)cc3)C=C(c3ccccc3)C23CCCC3)O1. The summed E-state index contributed by atoms with van der Waals surface area (Å²) >= 11 is 0. The third-order valence-electron chi connectivity index (χ3n) is 6.97. The Morgan fingerprint density at radius 3 is 2.41 bits per heavy atom. The number of hydrogen-bond acceptors (Lipinski definition) is 3. The lowest BCUT2D eigenvalue weighted by Gasteiger charge is -2.31. The van der Waals surface area contributed by atoms with Crippen molar-refractivity contribution in [2.24, 2.45) is 5.41 Å². The van der Waals surface area contributed by atoms with E-state index >= 15 is 0 Å². The van der Waals surface area contributed by atoms with Gasteiger partial charge in [-0.15, -0.1) is 0 Å². The van der Waals surface area contributed by atoms with E-state index in [1.165, 1.54) is 28.8 Å². The summed E-state index contributed by atoms with van der Waals surface area (Å²) < 4.78 is 19.1. The van der Waals surface area contributed by atoms with Gasteiger partial charge in [0.1, 0.15) is 11.9 Å². The van der Waals surface area contributed by atoms with E-state index in [1.807, 2.05) is 24.3 Å². The van der Waals surface area contributed by atoms with Gasteiger partial charge in [0.05, 0.1) is 12.5 Å². The number of ether oxygens (including phenoxy) is 1. The Kier molecular flexibility index (Phi) is 5.56. The molecule has 2 atom stereocenters. The molecule has 0 unspecified atom stereocenters. The molecule has 4 heteroatoms. The summed E-state index contributed by atoms with van der Waals surface area (Å²) in [5.41, 5.74) is 5.65. The first kappa shape index (κ1) is 20.9. The Bertz CT molecular complexity index is 1090. The van der Waals surface area contributed by atoms with Crippen LogP contribution in [0.5, 0.6) is 0 Å². The number of carbonyl (C=O) groups excluding carboxylic acids is 1. The fraction of sp³-hybridized carbons (Fsp3) is 0.321. The van der Waals surface area contributed by atoms with Gasteiger partial charge in [0, 0.05) is 11.8 Å². The summed E-state index contributed by atoms with van der Waals surface area (Å²) in [5, 5.41) is 10.0. The van der Waals surface area contributed by atoms with Crippen LogP contribution in [0, 0.1) is 11.2 Å². The van der Waals surface area contributed by atoms with Crippen molar-refractivity contribution >= 4 is 17.1 Å². The highest BCUT2D eigenvalue weighted by Gasteiger charge is 2.45. The molecule has 1 spiro atoms. The van der Waals surface area contributed by atoms with Gasteiger partial charge in [0.25, 0.3) is 0 Å². The molecule has 0 aromatic heterocycles. The van der Waals surface area contributed by atoms with Gasteiger partial charge in [-0.3, -0.25) is 4.79 Å². The summed E-state index contributed by atoms with van der Waals surface area (Å²) in [6, 6.07) is 17.1. The fourth-order valence-corrected chi connectivity index (χ4v) is 5.51. The van der Waals surface area contributed by atoms with E-state index in [-0.39, 0.29) is 23.6 Å². The Morgan fingerprint density at radius 2 is 1.72 bits per heavy atom. The van der Waals surface area contributed by atoms with Gasteiger partial charge < -0.3 is 9.84 Å². The number of halogens is 1. The Balaban J connectivity index is 1.61. The van der Waals surface area contributed by atoms with E-state index in [1.54, 1.807) is 0 Å². The molecule has 2 aromatic carbocycles. The molecular formula is C28H27FO3. The van der Waals surface area contributed by atoms with E-state index in [2.05, 4.69) is 36.4 Å². The highest BCUT2D eigenvalue weighted by Crippen LogP contribution is 2.59. The molecule has 2 fully saturated rings. The lowest BCUT2D eigenvalue weighted by Crippen LogP contribution is -2.31. The smallest absolute Gasteiger partial charge is 0.309 e. The van der Waals surface area contributed by atoms with Gasteiger partial charge in [0.15, 0.2) is 0 Å². The van der Waals surface area contributed by atoms with Gasteiger partial charge in [-0.25, -0.2) is 4.39 Å². The molecule has 3 nitrogen and oxygen atoms in total. The zero-order valence-electron chi connectivity index (χ0n) is 18.0. The molecule has 1 saturated heterocycles. The van der Waals surface area contributed by atoms with Crippen LogP contribution < -0.4 is 0 Å². The minimum Gasteiger partial charge on any atom is -0.458 e. The van der Waals surface area contributed by atoms with Crippen LogP contribution in [0.25, 0.3) is 11.1 Å². The number of allylic oxidation sites excluding steroid dienone is 5. The molecular weight excluding hydrogens is 403 g/mol. The Morgan fingerprint density at radius 1 is 1.00 bits per heavy atom. The topological polar surface area (TPSA) is 46.5 Å². The molecule has 1 heterocycles. The van der Waals surface area contributed by atoms with Crippen molar-refractivity contribution in [1.82, 2.24) is 0 Å². The highest BCUT2D eigenvalue weighted by molar-refractivity contribution is 5.96. The molecule has 0 radical (unpaired) electrons. The molecule has 5 rings (SSSR count). The first-order chi connectivity index (χ1) is 15.5. The number of esters is 1. The third-order valence-corrected chi connectivity index (χ3v) is 6.97. The van der Waals surface area contributed by atoms with Gasteiger partial charge in [-0.2, -0.15) is 0 Å². The van der Waals surface area contributed by atoms with E-state index in [9.17, 15) is 14.3 Å². The normalized spacial score (nSPS) is 24.9. The highest BCUT2D eigenvalue weighted by atomic mass is 19.1. The first-order valence-electron chi connectivity index (χ1n) is 11.4.